The zero-order chi connectivity index (χ0) is 18.1. The highest BCUT2D eigenvalue weighted by Gasteiger charge is 2.14. The maximum Gasteiger partial charge on any atom is 0.258 e. The fraction of sp³-hybridized carbons (Fsp3) is 0.0588. The quantitative estimate of drug-likeness (QED) is 0.558. The van der Waals surface area contributed by atoms with Crippen molar-refractivity contribution in [3.8, 4) is 28.6 Å². The van der Waals surface area contributed by atoms with Crippen molar-refractivity contribution in [3.63, 3.8) is 0 Å². The van der Waals surface area contributed by atoms with Gasteiger partial charge < -0.3 is 15.0 Å². The van der Waals surface area contributed by atoms with Crippen LogP contribution in [0.3, 0.4) is 0 Å². The summed E-state index contributed by atoms with van der Waals surface area (Å²) >= 11 is 6.24. The molecule has 0 aliphatic heterocycles. The number of hydrogen-bond donors (Lipinski definition) is 2. The standard InChI is InChI=1S/C17H12ClN5O3/c18-13-6-10(4-11-7-20-22-15(11)13)17-21-16(23-26-17)9-2-1-3-12(5-9)25-8-14(19)24/h1-7H,8H2,(H2,19,24)(H,20,22). The van der Waals surface area contributed by atoms with Gasteiger partial charge in [0, 0.05) is 16.5 Å². The molecule has 26 heavy (non-hydrogen) atoms. The number of primary amides is 1. The van der Waals surface area contributed by atoms with Gasteiger partial charge in [-0.25, -0.2) is 0 Å². The van der Waals surface area contributed by atoms with E-state index in [1.54, 1.807) is 36.5 Å². The number of hydrogen-bond acceptors (Lipinski definition) is 6. The van der Waals surface area contributed by atoms with E-state index in [-0.39, 0.29) is 6.61 Å². The van der Waals surface area contributed by atoms with E-state index in [2.05, 4.69) is 20.3 Å². The average Bonchev–Trinajstić information content (AvgIpc) is 3.29. The number of rotatable bonds is 5. The lowest BCUT2D eigenvalue weighted by Gasteiger charge is -2.04. The van der Waals surface area contributed by atoms with Gasteiger partial charge in [-0.2, -0.15) is 10.1 Å². The minimum atomic E-state index is -0.552. The predicted octanol–water partition coefficient (Wildman–Crippen LogP) is 2.80. The lowest BCUT2D eigenvalue weighted by molar-refractivity contribution is -0.119. The Morgan fingerprint density at radius 3 is 3.00 bits per heavy atom. The van der Waals surface area contributed by atoms with Crippen LogP contribution in [0.25, 0.3) is 33.7 Å². The Bertz CT molecular complexity index is 1100. The van der Waals surface area contributed by atoms with Gasteiger partial charge in [0.25, 0.3) is 11.8 Å². The van der Waals surface area contributed by atoms with E-state index in [1.807, 2.05) is 6.07 Å². The third-order valence-corrected chi connectivity index (χ3v) is 3.95. The SMILES string of the molecule is NC(=O)COc1cccc(-c2noc(-c3cc(Cl)c4[nH]ncc4c3)n2)c1. The molecule has 3 N–H and O–H groups in total. The highest BCUT2D eigenvalue weighted by Crippen LogP contribution is 2.30. The van der Waals surface area contributed by atoms with Crippen molar-refractivity contribution >= 4 is 28.4 Å². The number of amides is 1. The van der Waals surface area contributed by atoms with Gasteiger partial charge in [-0.3, -0.25) is 9.89 Å². The van der Waals surface area contributed by atoms with Crippen molar-refractivity contribution in [2.75, 3.05) is 6.61 Å². The molecule has 2 heterocycles. The summed E-state index contributed by atoms with van der Waals surface area (Å²) < 4.78 is 10.6. The molecule has 0 aliphatic carbocycles. The third-order valence-electron chi connectivity index (χ3n) is 3.65. The summed E-state index contributed by atoms with van der Waals surface area (Å²) in [4.78, 5) is 15.2. The maximum absolute atomic E-state index is 10.8. The number of nitrogens with zero attached hydrogens (tertiary/aromatic N) is 3. The average molecular weight is 370 g/mol. The number of H-pyrrole nitrogens is 1. The Labute approximate surface area is 151 Å². The van der Waals surface area contributed by atoms with Crippen molar-refractivity contribution in [2.24, 2.45) is 5.73 Å². The second-order valence-corrected chi connectivity index (χ2v) is 5.91. The predicted molar refractivity (Wildman–Crippen MR) is 94.5 cm³/mol. The first-order valence-corrected chi connectivity index (χ1v) is 7.96. The van der Waals surface area contributed by atoms with E-state index in [1.165, 1.54) is 0 Å². The zero-order valence-corrected chi connectivity index (χ0v) is 14.0. The van der Waals surface area contributed by atoms with Crippen LogP contribution in [-0.4, -0.2) is 32.9 Å². The molecule has 0 bridgehead atoms. The number of nitrogens with one attached hydrogen (secondary N) is 1. The Kier molecular flexibility index (Phi) is 4.02. The summed E-state index contributed by atoms with van der Waals surface area (Å²) in [5.41, 5.74) is 7.19. The van der Waals surface area contributed by atoms with Gasteiger partial charge in [-0.15, -0.1) is 0 Å². The summed E-state index contributed by atoms with van der Waals surface area (Å²) in [7, 11) is 0. The van der Waals surface area contributed by atoms with Crippen LogP contribution in [0.1, 0.15) is 0 Å². The summed E-state index contributed by atoms with van der Waals surface area (Å²) in [5.74, 6) is 0.640. The van der Waals surface area contributed by atoms with Crippen LogP contribution in [0.4, 0.5) is 0 Å². The molecule has 0 saturated heterocycles. The number of aromatic amines is 1. The second kappa shape index (κ2) is 6.49. The van der Waals surface area contributed by atoms with E-state index < -0.39 is 5.91 Å². The van der Waals surface area contributed by atoms with Crippen LogP contribution < -0.4 is 10.5 Å². The minimum absolute atomic E-state index is 0.204. The molecule has 4 aromatic rings. The van der Waals surface area contributed by atoms with E-state index in [0.29, 0.717) is 33.6 Å². The Morgan fingerprint density at radius 1 is 1.27 bits per heavy atom. The summed E-state index contributed by atoms with van der Waals surface area (Å²) in [6, 6.07) is 10.6. The monoisotopic (exact) mass is 369 g/mol. The molecule has 0 spiro atoms. The molecule has 2 aromatic heterocycles. The molecule has 0 fully saturated rings. The molecule has 8 nitrogen and oxygen atoms in total. The number of halogens is 1. The lowest BCUT2D eigenvalue weighted by atomic mass is 10.1. The van der Waals surface area contributed by atoms with Gasteiger partial charge in [0.05, 0.1) is 16.7 Å². The Hall–Kier alpha value is -3.39. The van der Waals surface area contributed by atoms with Crippen LogP contribution in [-0.2, 0) is 4.79 Å². The fourth-order valence-corrected chi connectivity index (χ4v) is 2.74. The molecule has 9 heteroatoms. The van der Waals surface area contributed by atoms with Gasteiger partial charge >= 0.3 is 0 Å². The smallest absolute Gasteiger partial charge is 0.258 e. The molecular formula is C17H12ClN5O3. The van der Waals surface area contributed by atoms with E-state index in [4.69, 9.17) is 26.6 Å². The molecule has 130 valence electrons. The van der Waals surface area contributed by atoms with Crippen molar-refractivity contribution in [1.82, 2.24) is 20.3 Å². The Balaban J connectivity index is 1.65. The van der Waals surface area contributed by atoms with Crippen molar-refractivity contribution in [3.05, 3.63) is 47.6 Å². The second-order valence-electron chi connectivity index (χ2n) is 5.50. The first kappa shape index (κ1) is 16.1. The number of benzene rings is 2. The lowest BCUT2D eigenvalue weighted by Crippen LogP contribution is -2.19. The number of nitrogens with two attached hydrogens (primary N) is 1. The number of carbonyl (C=O) groups is 1. The van der Waals surface area contributed by atoms with Gasteiger partial charge in [0.1, 0.15) is 5.75 Å². The molecule has 1 amide bonds. The third kappa shape index (κ3) is 3.09. The molecule has 0 unspecified atom stereocenters. The van der Waals surface area contributed by atoms with E-state index >= 15 is 0 Å². The van der Waals surface area contributed by atoms with Gasteiger partial charge in [0.15, 0.2) is 6.61 Å². The first-order valence-electron chi connectivity index (χ1n) is 7.58. The summed E-state index contributed by atoms with van der Waals surface area (Å²) in [6.45, 7) is -0.204. The van der Waals surface area contributed by atoms with Crippen LogP contribution in [0.5, 0.6) is 5.75 Å². The Morgan fingerprint density at radius 2 is 2.15 bits per heavy atom. The molecule has 0 atom stereocenters. The van der Waals surface area contributed by atoms with Crippen molar-refractivity contribution in [2.45, 2.75) is 0 Å². The molecular weight excluding hydrogens is 358 g/mol. The number of carbonyl (C=O) groups excluding carboxylic acids is 1. The number of ether oxygens (including phenoxy) is 1. The highest BCUT2D eigenvalue weighted by molar-refractivity contribution is 6.35. The molecule has 2 aromatic carbocycles. The highest BCUT2D eigenvalue weighted by atomic mass is 35.5. The fourth-order valence-electron chi connectivity index (χ4n) is 2.47. The summed E-state index contributed by atoms with van der Waals surface area (Å²) in [6.07, 6.45) is 1.67. The largest absolute Gasteiger partial charge is 0.484 e. The van der Waals surface area contributed by atoms with Crippen LogP contribution in [0.2, 0.25) is 5.02 Å². The van der Waals surface area contributed by atoms with Gasteiger partial charge in [-0.05, 0) is 24.3 Å². The molecule has 0 radical (unpaired) electrons. The van der Waals surface area contributed by atoms with E-state index in [9.17, 15) is 4.79 Å². The van der Waals surface area contributed by atoms with Gasteiger partial charge in [0.2, 0.25) is 5.82 Å². The zero-order valence-electron chi connectivity index (χ0n) is 13.3. The molecule has 4 rings (SSSR count). The topological polar surface area (TPSA) is 120 Å². The molecule has 0 aliphatic rings. The summed E-state index contributed by atoms with van der Waals surface area (Å²) in [5, 5.41) is 12.1. The van der Waals surface area contributed by atoms with E-state index in [0.717, 1.165) is 10.9 Å². The van der Waals surface area contributed by atoms with Gasteiger partial charge in [-0.1, -0.05) is 28.9 Å². The number of aromatic nitrogens is 4. The molecule has 0 saturated carbocycles. The van der Waals surface area contributed by atoms with Crippen molar-refractivity contribution < 1.29 is 14.1 Å². The van der Waals surface area contributed by atoms with Crippen LogP contribution in [0, 0.1) is 0 Å². The number of fused-ring (bicyclic) bond motifs is 1. The van der Waals surface area contributed by atoms with Crippen molar-refractivity contribution in [1.29, 1.82) is 0 Å². The normalized spacial score (nSPS) is 11.0. The van der Waals surface area contributed by atoms with Crippen LogP contribution in [0.15, 0.2) is 47.1 Å². The first-order chi connectivity index (χ1) is 12.6. The van der Waals surface area contributed by atoms with Crippen LogP contribution >= 0.6 is 11.6 Å². The maximum atomic E-state index is 10.8. The minimum Gasteiger partial charge on any atom is -0.484 e.